The van der Waals surface area contributed by atoms with Gasteiger partial charge in [-0.3, -0.25) is 4.79 Å². The number of hydrogen-bond acceptors (Lipinski definition) is 2. The van der Waals surface area contributed by atoms with Crippen molar-refractivity contribution < 1.29 is 9.18 Å². The van der Waals surface area contributed by atoms with Crippen LogP contribution in [0.15, 0.2) is 18.2 Å². The van der Waals surface area contributed by atoms with Crippen molar-refractivity contribution in [3.05, 3.63) is 34.6 Å². The first-order chi connectivity index (χ1) is 7.08. The smallest absolute Gasteiger partial charge is 0.166 e. The normalized spacial score (nSPS) is 24.7. The summed E-state index contributed by atoms with van der Waals surface area (Å²) in [6.07, 6.45) is 1.43. The number of halogens is 2. The molecule has 1 aliphatic rings. The molecule has 2 nitrogen and oxygen atoms in total. The van der Waals surface area contributed by atoms with Gasteiger partial charge in [-0.2, -0.15) is 0 Å². The Labute approximate surface area is 92.2 Å². The Bertz CT molecular complexity index is 402. The summed E-state index contributed by atoms with van der Waals surface area (Å²) in [5.74, 6) is -0.501. The largest absolute Gasteiger partial charge is 0.328 e. The standard InChI is InChI=1S/C11H11ClFNO/c12-9-5-6(1-2-10(9)13)11(15)7-3-8(14)4-7/h1-2,5,7-8H,3-4,14H2. The summed E-state index contributed by atoms with van der Waals surface area (Å²) in [4.78, 5) is 11.8. The maximum atomic E-state index is 12.9. The van der Waals surface area contributed by atoms with Crippen LogP contribution in [0.1, 0.15) is 23.2 Å². The molecular formula is C11H11ClFNO. The quantitative estimate of drug-likeness (QED) is 0.789. The van der Waals surface area contributed by atoms with Crippen molar-refractivity contribution in [3.8, 4) is 0 Å². The van der Waals surface area contributed by atoms with Gasteiger partial charge in [0.25, 0.3) is 0 Å². The van der Waals surface area contributed by atoms with Crippen molar-refractivity contribution in [2.24, 2.45) is 11.7 Å². The molecule has 1 aromatic carbocycles. The molecule has 0 bridgehead atoms. The monoisotopic (exact) mass is 227 g/mol. The molecule has 0 spiro atoms. The summed E-state index contributed by atoms with van der Waals surface area (Å²) in [5.41, 5.74) is 6.07. The maximum Gasteiger partial charge on any atom is 0.166 e. The summed E-state index contributed by atoms with van der Waals surface area (Å²) in [5, 5.41) is -0.00975. The topological polar surface area (TPSA) is 43.1 Å². The van der Waals surface area contributed by atoms with Crippen molar-refractivity contribution >= 4 is 17.4 Å². The zero-order valence-corrected chi connectivity index (χ0v) is 8.80. The second-order valence-corrected chi connectivity index (χ2v) is 4.33. The molecule has 0 amide bonds. The molecule has 1 aliphatic carbocycles. The Morgan fingerprint density at radius 1 is 1.47 bits per heavy atom. The van der Waals surface area contributed by atoms with Crippen LogP contribution in [0.4, 0.5) is 4.39 Å². The highest BCUT2D eigenvalue weighted by atomic mass is 35.5. The predicted octanol–water partition coefficient (Wildman–Crippen LogP) is 2.40. The number of benzene rings is 1. The molecule has 0 unspecified atom stereocenters. The molecule has 0 aromatic heterocycles. The lowest BCUT2D eigenvalue weighted by Crippen LogP contribution is -2.40. The Hall–Kier alpha value is -0.930. The highest BCUT2D eigenvalue weighted by molar-refractivity contribution is 6.31. The number of Topliss-reactive ketones (excluding diaryl/α,β-unsaturated/α-hetero) is 1. The van der Waals surface area contributed by atoms with E-state index in [0.29, 0.717) is 18.4 Å². The molecule has 1 saturated carbocycles. The van der Waals surface area contributed by atoms with Gasteiger partial charge in [0.1, 0.15) is 5.82 Å². The number of nitrogens with two attached hydrogens (primary N) is 1. The van der Waals surface area contributed by atoms with Crippen molar-refractivity contribution in [1.29, 1.82) is 0 Å². The van der Waals surface area contributed by atoms with Crippen molar-refractivity contribution in [2.45, 2.75) is 18.9 Å². The van der Waals surface area contributed by atoms with Gasteiger partial charge in [-0.15, -0.1) is 0 Å². The van der Waals surface area contributed by atoms with Gasteiger partial charge in [0, 0.05) is 17.5 Å². The summed E-state index contributed by atoms with van der Waals surface area (Å²) < 4.78 is 12.9. The van der Waals surface area contributed by atoms with E-state index in [1.807, 2.05) is 0 Å². The summed E-state index contributed by atoms with van der Waals surface area (Å²) in [7, 11) is 0. The second-order valence-electron chi connectivity index (χ2n) is 3.92. The van der Waals surface area contributed by atoms with Crippen LogP contribution in [-0.2, 0) is 0 Å². The number of carbonyl (C=O) groups is 1. The molecule has 0 aliphatic heterocycles. The summed E-state index contributed by atoms with van der Waals surface area (Å²) >= 11 is 5.60. The Morgan fingerprint density at radius 3 is 2.67 bits per heavy atom. The fourth-order valence-corrected chi connectivity index (χ4v) is 1.94. The number of rotatable bonds is 2. The molecule has 0 radical (unpaired) electrons. The molecule has 2 rings (SSSR count). The minimum Gasteiger partial charge on any atom is -0.328 e. The molecule has 0 heterocycles. The molecule has 15 heavy (non-hydrogen) atoms. The lowest BCUT2D eigenvalue weighted by Gasteiger charge is -2.31. The van der Waals surface area contributed by atoms with E-state index in [-0.39, 0.29) is 22.8 Å². The summed E-state index contributed by atoms with van der Waals surface area (Å²) in [6.45, 7) is 0. The minimum absolute atomic E-state index is 0.00975. The van der Waals surface area contributed by atoms with Crippen LogP contribution in [0.2, 0.25) is 5.02 Å². The van der Waals surface area contributed by atoms with Gasteiger partial charge in [0.15, 0.2) is 5.78 Å². The van der Waals surface area contributed by atoms with Crippen LogP contribution < -0.4 is 5.73 Å². The van der Waals surface area contributed by atoms with E-state index < -0.39 is 5.82 Å². The fourth-order valence-electron chi connectivity index (χ4n) is 1.76. The zero-order valence-electron chi connectivity index (χ0n) is 8.04. The molecule has 4 heteroatoms. The van der Waals surface area contributed by atoms with Crippen LogP contribution in [0.3, 0.4) is 0 Å². The molecule has 80 valence electrons. The molecule has 1 fully saturated rings. The molecule has 0 saturated heterocycles. The van der Waals surface area contributed by atoms with E-state index >= 15 is 0 Å². The van der Waals surface area contributed by atoms with Gasteiger partial charge in [-0.25, -0.2) is 4.39 Å². The first-order valence-corrected chi connectivity index (χ1v) is 5.20. The van der Waals surface area contributed by atoms with Crippen molar-refractivity contribution in [3.63, 3.8) is 0 Å². The Morgan fingerprint density at radius 2 is 2.13 bits per heavy atom. The molecule has 1 aromatic rings. The van der Waals surface area contributed by atoms with Gasteiger partial charge < -0.3 is 5.73 Å². The van der Waals surface area contributed by atoms with Gasteiger partial charge in [-0.1, -0.05) is 11.6 Å². The highest BCUT2D eigenvalue weighted by Crippen LogP contribution is 2.30. The number of hydrogen-bond donors (Lipinski definition) is 1. The van der Waals surface area contributed by atoms with Crippen LogP contribution in [0.5, 0.6) is 0 Å². The Balaban J connectivity index is 2.16. The molecular weight excluding hydrogens is 217 g/mol. The van der Waals surface area contributed by atoms with E-state index in [4.69, 9.17) is 17.3 Å². The van der Waals surface area contributed by atoms with Gasteiger partial charge in [-0.05, 0) is 31.0 Å². The third-order valence-electron chi connectivity index (χ3n) is 2.75. The van der Waals surface area contributed by atoms with Crippen LogP contribution in [0.25, 0.3) is 0 Å². The van der Waals surface area contributed by atoms with Crippen LogP contribution in [-0.4, -0.2) is 11.8 Å². The van der Waals surface area contributed by atoms with E-state index in [2.05, 4.69) is 0 Å². The van der Waals surface area contributed by atoms with E-state index in [0.717, 1.165) is 0 Å². The first-order valence-electron chi connectivity index (χ1n) is 4.83. The van der Waals surface area contributed by atoms with E-state index in [9.17, 15) is 9.18 Å². The number of ketones is 1. The first kappa shape index (κ1) is 10.6. The highest BCUT2D eigenvalue weighted by Gasteiger charge is 2.32. The van der Waals surface area contributed by atoms with Crippen LogP contribution >= 0.6 is 11.6 Å². The van der Waals surface area contributed by atoms with Crippen molar-refractivity contribution in [2.75, 3.05) is 0 Å². The fraction of sp³-hybridized carbons (Fsp3) is 0.364. The predicted molar refractivity (Wildman–Crippen MR) is 56.4 cm³/mol. The maximum absolute atomic E-state index is 12.9. The van der Waals surface area contributed by atoms with Crippen molar-refractivity contribution in [1.82, 2.24) is 0 Å². The van der Waals surface area contributed by atoms with Gasteiger partial charge >= 0.3 is 0 Å². The Kier molecular flexibility index (Phi) is 2.76. The lowest BCUT2D eigenvalue weighted by atomic mass is 9.76. The third-order valence-corrected chi connectivity index (χ3v) is 3.04. The number of carbonyl (C=O) groups excluding carboxylic acids is 1. The average Bonchev–Trinajstić information content (AvgIpc) is 2.16. The lowest BCUT2D eigenvalue weighted by molar-refractivity contribution is 0.0832. The van der Waals surface area contributed by atoms with E-state index in [1.54, 1.807) is 0 Å². The van der Waals surface area contributed by atoms with E-state index in [1.165, 1.54) is 18.2 Å². The third kappa shape index (κ3) is 2.03. The second kappa shape index (κ2) is 3.91. The summed E-state index contributed by atoms with van der Waals surface area (Å²) in [6, 6.07) is 4.19. The minimum atomic E-state index is -0.501. The molecule has 2 N–H and O–H groups in total. The average molecular weight is 228 g/mol. The van der Waals surface area contributed by atoms with Gasteiger partial charge in [0.05, 0.1) is 5.02 Å². The molecule has 0 atom stereocenters. The van der Waals surface area contributed by atoms with Crippen LogP contribution in [0, 0.1) is 11.7 Å². The SMILES string of the molecule is NC1CC(C(=O)c2ccc(F)c(Cl)c2)C1. The van der Waals surface area contributed by atoms with Gasteiger partial charge in [0.2, 0.25) is 0 Å². The zero-order chi connectivity index (χ0) is 11.0.